The molecule has 266 valence electrons. The van der Waals surface area contributed by atoms with Crippen LogP contribution in [-0.2, 0) is 11.0 Å². The highest BCUT2D eigenvalue weighted by Crippen LogP contribution is 2.39. The summed E-state index contributed by atoms with van der Waals surface area (Å²) in [7, 11) is 2.15. The molecule has 1 aromatic carbocycles. The Balaban J connectivity index is 1.17. The lowest BCUT2D eigenvalue weighted by Crippen LogP contribution is -2.52. The Bertz CT molecular complexity index is 1840. The van der Waals surface area contributed by atoms with Crippen molar-refractivity contribution in [1.29, 1.82) is 0 Å². The van der Waals surface area contributed by atoms with Gasteiger partial charge in [-0.3, -0.25) is 19.4 Å². The number of Topliss-reactive ketones (excluding diaryl/α,β-unsaturated/α-hetero) is 1. The van der Waals surface area contributed by atoms with E-state index in [2.05, 4.69) is 67.6 Å². The summed E-state index contributed by atoms with van der Waals surface area (Å²) < 4.78 is 8.70. The van der Waals surface area contributed by atoms with Gasteiger partial charge in [-0.1, -0.05) is 45.0 Å². The number of rotatable bonds is 10. The van der Waals surface area contributed by atoms with Crippen LogP contribution in [0.25, 0.3) is 5.65 Å². The average Bonchev–Trinajstić information content (AvgIpc) is 3.52. The van der Waals surface area contributed by atoms with Gasteiger partial charge in [-0.05, 0) is 63.4 Å². The maximum absolute atomic E-state index is 13.4. The van der Waals surface area contributed by atoms with Crippen molar-refractivity contribution in [2.45, 2.75) is 83.4 Å². The first-order valence-electron chi connectivity index (χ1n) is 17.5. The standard InChI is InChI=1S/C37H49N9O4/c1-36(2,3)30-22-31(40-33(39-30)28(48)12-9-21-47)41-35(49)38-27-14-15-29(26-11-8-7-10-25(26)27)50-24-13-16-32-42-43-34(46(32)23-24)37(4,5)45-19-17-44(6)18-20-45/h7-8,10-11,13,16,22-23,27,29,47H,9,12,14-15,17-21H2,1-6H3,(H2,38,39,40,41,49)/t27-,29+/m0/s1. The lowest BCUT2D eigenvalue weighted by molar-refractivity contribution is 0.0544. The summed E-state index contributed by atoms with van der Waals surface area (Å²) in [5.74, 6) is 1.60. The van der Waals surface area contributed by atoms with E-state index in [4.69, 9.17) is 4.74 Å². The molecule has 13 heteroatoms. The Kier molecular flexibility index (Phi) is 10.2. The number of anilines is 1. The van der Waals surface area contributed by atoms with E-state index in [0.29, 0.717) is 25.0 Å². The van der Waals surface area contributed by atoms with E-state index in [-0.39, 0.29) is 53.6 Å². The largest absolute Gasteiger partial charge is 0.484 e. The number of aromatic nitrogens is 5. The molecule has 4 aromatic rings. The molecule has 0 bridgehead atoms. The number of carbonyl (C=O) groups excluding carboxylic acids is 2. The number of amides is 2. The molecular formula is C37H49N9O4. The summed E-state index contributed by atoms with van der Waals surface area (Å²) in [6.45, 7) is 14.2. The number of pyridine rings is 1. The lowest BCUT2D eigenvalue weighted by atomic mass is 9.85. The van der Waals surface area contributed by atoms with Crippen molar-refractivity contribution in [3.8, 4) is 5.75 Å². The third kappa shape index (κ3) is 7.64. The minimum atomic E-state index is -0.426. The minimum absolute atomic E-state index is 0.0313. The molecule has 50 heavy (non-hydrogen) atoms. The van der Waals surface area contributed by atoms with Gasteiger partial charge in [0.1, 0.15) is 17.7 Å². The van der Waals surface area contributed by atoms with E-state index in [0.717, 1.165) is 54.5 Å². The van der Waals surface area contributed by atoms with Crippen LogP contribution in [0.5, 0.6) is 5.75 Å². The summed E-state index contributed by atoms with van der Waals surface area (Å²) in [5, 5.41) is 24.2. The van der Waals surface area contributed by atoms with Crippen LogP contribution in [0.2, 0.25) is 0 Å². The van der Waals surface area contributed by atoms with Crippen LogP contribution >= 0.6 is 0 Å². The summed E-state index contributed by atoms with van der Waals surface area (Å²) in [6, 6.07) is 12.9. The normalized spacial score (nSPS) is 18.9. The highest BCUT2D eigenvalue weighted by molar-refractivity contribution is 5.94. The number of nitrogens with zero attached hydrogens (tertiary/aromatic N) is 7. The lowest BCUT2D eigenvalue weighted by Gasteiger charge is -2.42. The fourth-order valence-electron chi connectivity index (χ4n) is 6.73. The van der Waals surface area contributed by atoms with Gasteiger partial charge in [0, 0.05) is 50.7 Å². The fourth-order valence-corrected chi connectivity index (χ4v) is 6.73. The van der Waals surface area contributed by atoms with E-state index in [9.17, 15) is 14.7 Å². The average molecular weight is 684 g/mol. The van der Waals surface area contributed by atoms with Crippen molar-refractivity contribution in [3.05, 3.63) is 77.1 Å². The fraction of sp³-hybridized carbons (Fsp3) is 0.514. The quantitative estimate of drug-likeness (QED) is 0.194. The zero-order valence-electron chi connectivity index (χ0n) is 29.9. The zero-order valence-corrected chi connectivity index (χ0v) is 29.9. The van der Waals surface area contributed by atoms with Crippen molar-refractivity contribution < 1.29 is 19.4 Å². The first-order valence-corrected chi connectivity index (χ1v) is 17.5. The van der Waals surface area contributed by atoms with Crippen LogP contribution in [0.4, 0.5) is 10.6 Å². The number of hydrogen-bond acceptors (Lipinski definition) is 10. The molecule has 0 radical (unpaired) electrons. The Morgan fingerprint density at radius 2 is 1.70 bits per heavy atom. The second-order valence-corrected chi connectivity index (χ2v) is 14.9. The Morgan fingerprint density at radius 3 is 2.42 bits per heavy atom. The first kappa shape index (κ1) is 35.4. The number of likely N-dealkylation sites (N-methyl/N-ethyl adjacent to an activating group) is 1. The van der Waals surface area contributed by atoms with E-state index in [1.165, 1.54) is 0 Å². The third-order valence-corrected chi connectivity index (χ3v) is 9.78. The first-order chi connectivity index (χ1) is 23.8. The van der Waals surface area contributed by atoms with Gasteiger partial charge in [-0.15, -0.1) is 10.2 Å². The molecule has 1 fully saturated rings. The minimum Gasteiger partial charge on any atom is -0.484 e. The van der Waals surface area contributed by atoms with Gasteiger partial charge in [0.15, 0.2) is 23.1 Å². The zero-order chi connectivity index (χ0) is 35.6. The van der Waals surface area contributed by atoms with Gasteiger partial charge in [0.05, 0.1) is 23.5 Å². The van der Waals surface area contributed by atoms with Crippen LogP contribution in [0, 0.1) is 0 Å². The molecule has 1 saturated heterocycles. The smallest absolute Gasteiger partial charge is 0.320 e. The molecule has 0 spiro atoms. The number of ether oxygens (including phenoxy) is 1. The van der Waals surface area contributed by atoms with Crippen molar-refractivity contribution in [3.63, 3.8) is 0 Å². The van der Waals surface area contributed by atoms with Gasteiger partial charge in [0.25, 0.3) is 0 Å². The third-order valence-electron chi connectivity index (χ3n) is 9.78. The van der Waals surface area contributed by atoms with Crippen LogP contribution in [-0.4, -0.2) is 91.1 Å². The molecule has 3 N–H and O–H groups in total. The van der Waals surface area contributed by atoms with E-state index >= 15 is 0 Å². The molecule has 2 atom stereocenters. The van der Waals surface area contributed by atoms with Crippen molar-refractivity contribution >= 4 is 23.3 Å². The number of nitrogens with one attached hydrogen (secondary N) is 2. The number of aliphatic hydroxyl groups is 1. The molecule has 4 heterocycles. The van der Waals surface area contributed by atoms with E-state index in [1.807, 2.05) is 61.7 Å². The van der Waals surface area contributed by atoms with Crippen molar-refractivity contribution in [2.24, 2.45) is 0 Å². The topological polar surface area (TPSA) is 150 Å². The summed E-state index contributed by atoms with van der Waals surface area (Å²) in [4.78, 5) is 39.7. The maximum Gasteiger partial charge on any atom is 0.320 e. The number of ketones is 1. The van der Waals surface area contributed by atoms with Crippen LogP contribution in [0.15, 0.2) is 48.7 Å². The number of benzene rings is 1. The van der Waals surface area contributed by atoms with Crippen LogP contribution < -0.4 is 15.4 Å². The molecule has 0 unspecified atom stereocenters. The SMILES string of the molecule is CN1CCN(C(C)(C)c2nnc3ccc(O[C@@H]4CC[C@H](NC(=O)Nc5cc(C(C)(C)C)nc(C(=O)CCCO)n5)c5ccccc54)cn23)CC1. The highest BCUT2D eigenvalue weighted by atomic mass is 16.5. The Hall–Kier alpha value is -4.46. The highest BCUT2D eigenvalue weighted by Gasteiger charge is 2.35. The van der Waals surface area contributed by atoms with Crippen LogP contribution in [0.1, 0.15) is 106 Å². The van der Waals surface area contributed by atoms with Gasteiger partial charge in [-0.25, -0.2) is 14.8 Å². The second-order valence-electron chi connectivity index (χ2n) is 14.9. The molecule has 13 nitrogen and oxygen atoms in total. The number of aliphatic hydroxyl groups excluding tert-OH is 1. The number of hydrogen-bond donors (Lipinski definition) is 3. The molecule has 6 rings (SSSR count). The Morgan fingerprint density at radius 1 is 0.960 bits per heavy atom. The second kappa shape index (κ2) is 14.4. The monoisotopic (exact) mass is 683 g/mol. The summed E-state index contributed by atoms with van der Waals surface area (Å²) in [6.07, 6.45) is 3.57. The number of fused-ring (bicyclic) bond motifs is 2. The molecule has 1 aliphatic carbocycles. The molecule has 2 aliphatic rings. The van der Waals surface area contributed by atoms with Gasteiger partial charge in [0.2, 0.25) is 0 Å². The molecule has 1 aliphatic heterocycles. The number of carbonyl (C=O) groups is 2. The van der Waals surface area contributed by atoms with Crippen LogP contribution in [0.3, 0.4) is 0 Å². The van der Waals surface area contributed by atoms with Gasteiger partial charge in [-0.2, -0.15) is 0 Å². The molecule has 2 amide bonds. The predicted octanol–water partition coefficient (Wildman–Crippen LogP) is 5.03. The number of piperazine rings is 1. The van der Waals surface area contributed by atoms with Gasteiger partial charge >= 0.3 is 6.03 Å². The van der Waals surface area contributed by atoms with E-state index < -0.39 is 6.03 Å². The van der Waals surface area contributed by atoms with Crippen molar-refractivity contribution in [1.82, 2.24) is 39.7 Å². The Labute approximate surface area is 293 Å². The number of urea groups is 1. The summed E-state index contributed by atoms with van der Waals surface area (Å²) >= 11 is 0. The molecule has 0 saturated carbocycles. The van der Waals surface area contributed by atoms with Crippen molar-refractivity contribution in [2.75, 3.05) is 45.2 Å². The molecule has 3 aromatic heterocycles. The van der Waals surface area contributed by atoms with Gasteiger partial charge < -0.3 is 20.1 Å². The maximum atomic E-state index is 13.4. The predicted molar refractivity (Wildman–Crippen MR) is 190 cm³/mol. The molecular weight excluding hydrogens is 634 g/mol. The summed E-state index contributed by atoms with van der Waals surface area (Å²) in [5.41, 5.74) is 2.72. The van der Waals surface area contributed by atoms with E-state index in [1.54, 1.807) is 6.07 Å².